The molecule has 2 aliphatic carbocycles. The summed E-state index contributed by atoms with van der Waals surface area (Å²) in [6, 6.07) is 4.96. The lowest BCUT2D eigenvalue weighted by Crippen LogP contribution is -2.47. The number of esters is 1. The van der Waals surface area contributed by atoms with Crippen molar-refractivity contribution >= 4 is 36.0 Å². The number of aryl methyl sites for hydroxylation is 1. The number of benzene rings is 1. The minimum Gasteiger partial charge on any atom is -0.496 e. The largest absolute Gasteiger partial charge is 0.496 e. The number of carbonyl (C=O) groups is 3. The Morgan fingerprint density at radius 2 is 1.92 bits per heavy atom. The maximum absolute atomic E-state index is 14.7. The molecule has 2 N–H and O–H groups in total. The van der Waals surface area contributed by atoms with Gasteiger partial charge in [-0.1, -0.05) is 39.5 Å². The summed E-state index contributed by atoms with van der Waals surface area (Å²) in [4.78, 5) is 69.0. The van der Waals surface area contributed by atoms with Gasteiger partial charge in [-0.15, -0.1) is 0 Å². The molecule has 4 bridgehead atoms. The standard InChI is InChI=1S/C37H51N2O9P/c1-4-27-19-37(27,49(43,44)45)20-32(40)31-17-28-21-39(31)36(42)30(24-10-6-5-7-11-24)18-34(41)47-22-23(2)9-8-12-26-15-29-25(16-33(26)46-3)13-14-38-35(29)48-28/h13-16,23-24,27-28,30-31H,4-12,17-22H2,1-3H3,(H2,43,44,45)/t23-,27?,28-,30+,31+,37?/m1/s1. The Balaban J connectivity index is 1.37. The van der Waals surface area contributed by atoms with Crippen LogP contribution in [-0.2, 0) is 30.1 Å². The summed E-state index contributed by atoms with van der Waals surface area (Å²) in [7, 11) is -2.94. The van der Waals surface area contributed by atoms with Crippen LogP contribution in [0.5, 0.6) is 11.6 Å². The van der Waals surface area contributed by atoms with Crippen LogP contribution >= 0.6 is 7.60 Å². The van der Waals surface area contributed by atoms with Crippen LogP contribution in [0.4, 0.5) is 0 Å². The number of nitrogens with zero attached hydrogens (tertiary/aromatic N) is 2. The zero-order valence-corrected chi connectivity index (χ0v) is 29.9. The minimum atomic E-state index is -4.59. The van der Waals surface area contributed by atoms with Gasteiger partial charge in [-0.3, -0.25) is 18.9 Å². The Hall–Kier alpha value is -3.01. The van der Waals surface area contributed by atoms with Crippen LogP contribution in [0.1, 0.15) is 96.5 Å². The van der Waals surface area contributed by atoms with Crippen LogP contribution in [0.2, 0.25) is 0 Å². The second-order valence-corrected chi connectivity index (χ2v) is 17.0. The molecule has 6 atom stereocenters. The van der Waals surface area contributed by atoms with Crippen molar-refractivity contribution in [1.82, 2.24) is 9.88 Å². The molecule has 2 aromatic rings. The van der Waals surface area contributed by atoms with Crippen molar-refractivity contribution in [3.63, 3.8) is 0 Å². The van der Waals surface area contributed by atoms with E-state index >= 15 is 0 Å². The van der Waals surface area contributed by atoms with Gasteiger partial charge in [-0.05, 0) is 85.4 Å². The van der Waals surface area contributed by atoms with Gasteiger partial charge in [0.15, 0.2) is 5.78 Å². The van der Waals surface area contributed by atoms with Crippen molar-refractivity contribution in [3.8, 4) is 11.6 Å². The summed E-state index contributed by atoms with van der Waals surface area (Å²) < 4.78 is 30.7. The summed E-state index contributed by atoms with van der Waals surface area (Å²) in [6.07, 6.45) is 8.80. The lowest BCUT2D eigenvalue weighted by molar-refractivity contribution is -0.152. The van der Waals surface area contributed by atoms with Crippen molar-refractivity contribution in [1.29, 1.82) is 0 Å². The predicted octanol–water partition coefficient (Wildman–Crippen LogP) is 6.00. The number of fused-ring (bicyclic) bond motifs is 3. The van der Waals surface area contributed by atoms with Gasteiger partial charge in [0.2, 0.25) is 11.8 Å². The van der Waals surface area contributed by atoms with Crippen molar-refractivity contribution in [2.75, 3.05) is 20.3 Å². The highest BCUT2D eigenvalue weighted by atomic mass is 31.2. The number of Topliss-reactive ketones (excluding diaryl/α,β-unsaturated/α-hetero) is 1. The van der Waals surface area contributed by atoms with Crippen LogP contribution < -0.4 is 9.47 Å². The Bertz CT molecular complexity index is 1600. The number of hydrogen-bond donors (Lipinski definition) is 2. The van der Waals surface area contributed by atoms with Crippen LogP contribution in [0.15, 0.2) is 24.4 Å². The molecule has 2 aliphatic heterocycles. The van der Waals surface area contributed by atoms with E-state index in [2.05, 4.69) is 11.9 Å². The van der Waals surface area contributed by atoms with E-state index in [-0.39, 0.29) is 68.3 Å². The summed E-state index contributed by atoms with van der Waals surface area (Å²) >= 11 is 0. The second kappa shape index (κ2) is 14.7. The minimum absolute atomic E-state index is 0.0185. The summed E-state index contributed by atoms with van der Waals surface area (Å²) in [6.45, 7) is 4.29. The third kappa shape index (κ3) is 7.54. The molecule has 1 amide bonds. The summed E-state index contributed by atoms with van der Waals surface area (Å²) in [5.74, 6) is -0.715. The number of aromatic nitrogens is 1. The number of pyridine rings is 1. The first-order valence-electron chi connectivity index (χ1n) is 18.1. The lowest BCUT2D eigenvalue weighted by Gasteiger charge is -2.34. The van der Waals surface area contributed by atoms with Crippen molar-refractivity contribution in [3.05, 3.63) is 30.0 Å². The number of cyclic esters (lactones) is 1. The highest BCUT2D eigenvalue weighted by Crippen LogP contribution is 2.71. The Morgan fingerprint density at radius 1 is 1.14 bits per heavy atom. The van der Waals surface area contributed by atoms with E-state index in [1.807, 2.05) is 25.1 Å². The number of ether oxygens (including phenoxy) is 3. The van der Waals surface area contributed by atoms with Crippen LogP contribution in [0.25, 0.3) is 10.8 Å². The fraction of sp³-hybridized carbons (Fsp3) is 0.676. The molecular weight excluding hydrogens is 647 g/mol. The van der Waals surface area contributed by atoms with E-state index in [0.717, 1.165) is 73.5 Å². The Kier molecular flexibility index (Phi) is 10.7. The third-order valence-electron chi connectivity index (χ3n) is 11.7. The van der Waals surface area contributed by atoms with Gasteiger partial charge in [-0.25, -0.2) is 4.98 Å². The molecule has 12 heteroatoms. The number of ketones is 1. The first kappa shape index (κ1) is 35.8. The molecule has 3 heterocycles. The Labute approximate surface area is 288 Å². The maximum Gasteiger partial charge on any atom is 0.332 e. The van der Waals surface area contributed by atoms with Crippen molar-refractivity contribution in [2.24, 2.45) is 23.7 Å². The van der Waals surface area contributed by atoms with Gasteiger partial charge >= 0.3 is 13.6 Å². The van der Waals surface area contributed by atoms with Crippen molar-refractivity contribution in [2.45, 2.75) is 115 Å². The monoisotopic (exact) mass is 698 g/mol. The van der Waals surface area contributed by atoms with E-state index in [1.54, 1.807) is 18.2 Å². The highest BCUT2D eigenvalue weighted by molar-refractivity contribution is 7.54. The van der Waals surface area contributed by atoms with Crippen LogP contribution in [-0.4, -0.2) is 74.9 Å². The first-order valence-corrected chi connectivity index (χ1v) is 19.7. The molecule has 3 fully saturated rings. The van der Waals surface area contributed by atoms with E-state index in [4.69, 9.17) is 14.2 Å². The van der Waals surface area contributed by atoms with E-state index in [1.165, 1.54) is 0 Å². The second-order valence-electron chi connectivity index (χ2n) is 15.0. The zero-order chi connectivity index (χ0) is 34.9. The number of hydrogen-bond acceptors (Lipinski definition) is 8. The molecule has 4 aliphatic rings. The van der Waals surface area contributed by atoms with Gasteiger partial charge in [0.1, 0.15) is 11.9 Å². The molecular formula is C37H51N2O9P. The Morgan fingerprint density at radius 3 is 2.61 bits per heavy atom. The smallest absolute Gasteiger partial charge is 0.332 e. The molecule has 1 saturated heterocycles. The average Bonchev–Trinajstić information content (AvgIpc) is 3.66. The lowest BCUT2D eigenvalue weighted by atomic mass is 9.77. The summed E-state index contributed by atoms with van der Waals surface area (Å²) in [5.41, 5.74) is 1.00. The third-order valence-corrected chi connectivity index (χ3v) is 13.5. The normalized spacial score (nSPS) is 30.4. The fourth-order valence-electron chi connectivity index (χ4n) is 8.68. The van der Waals surface area contributed by atoms with E-state index in [9.17, 15) is 28.7 Å². The molecule has 0 spiro atoms. The number of methoxy groups -OCH3 is 1. The zero-order valence-electron chi connectivity index (χ0n) is 29.0. The fourth-order valence-corrected chi connectivity index (χ4v) is 10.2. The number of rotatable bonds is 7. The van der Waals surface area contributed by atoms with Crippen LogP contribution in [0, 0.1) is 23.7 Å². The maximum atomic E-state index is 14.7. The molecule has 6 rings (SSSR count). The molecule has 2 saturated carbocycles. The molecule has 49 heavy (non-hydrogen) atoms. The molecule has 11 nitrogen and oxygen atoms in total. The summed E-state index contributed by atoms with van der Waals surface area (Å²) in [5, 5.41) is 0.298. The molecule has 0 radical (unpaired) electrons. The number of amides is 1. The van der Waals surface area contributed by atoms with Crippen LogP contribution in [0.3, 0.4) is 0 Å². The van der Waals surface area contributed by atoms with Gasteiger partial charge < -0.3 is 28.9 Å². The quantitative estimate of drug-likeness (QED) is 0.260. The van der Waals surface area contributed by atoms with Gasteiger partial charge in [0, 0.05) is 24.4 Å². The van der Waals surface area contributed by atoms with E-state index < -0.39 is 36.8 Å². The van der Waals surface area contributed by atoms with Crippen molar-refractivity contribution < 1.29 is 42.9 Å². The topological polar surface area (TPSA) is 153 Å². The molecule has 1 aromatic heterocycles. The average molecular weight is 699 g/mol. The van der Waals surface area contributed by atoms with E-state index in [0.29, 0.717) is 12.3 Å². The van der Waals surface area contributed by atoms with Gasteiger partial charge in [-0.2, -0.15) is 0 Å². The SMILES string of the molecule is CCC1CC1(CC(=O)[C@@H]1C[C@@H]2CN1C(=O)[C@H](C1CCCCC1)CC(=O)OC[C@H](C)CCCc1cc3c(nccc3cc1OC)O2)P(=O)(O)O. The van der Waals surface area contributed by atoms with Gasteiger partial charge in [0.05, 0.1) is 43.8 Å². The highest BCUT2D eigenvalue weighted by Gasteiger charge is 2.66. The molecule has 1 aromatic carbocycles. The van der Waals surface area contributed by atoms with Gasteiger partial charge in [0.25, 0.3) is 0 Å². The first-order chi connectivity index (χ1) is 23.4. The molecule has 2 unspecified atom stereocenters. The molecule has 268 valence electrons. The number of carbonyl (C=O) groups excluding carboxylic acids is 3. The predicted molar refractivity (Wildman–Crippen MR) is 183 cm³/mol.